The highest BCUT2D eigenvalue weighted by atomic mass is 16.3. The van der Waals surface area contributed by atoms with E-state index >= 15 is 0 Å². The number of amides is 5. The average molecular weight is 553 g/mol. The number of fused-ring (bicyclic) bond motifs is 2. The number of hydrogen-bond acceptors (Lipinski definition) is 5. The summed E-state index contributed by atoms with van der Waals surface area (Å²) in [5.74, 6) is -0.305. The molecular weight excluding hydrogens is 520 g/mol. The van der Waals surface area contributed by atoms with Crippen LogP contribution < -0.4 is 15.5 Å². The number of nitrogens with one attached hydrogen (secondary N) is 2. The molecule has 3 aromatic carbocycles. The van der Waals surface area contributed by atoms with Crippen molar-refractivity contribution in [2.45, 2.75) is 38.2 Å². The normalized spacial score (nSPS) is 20.9. The van der Waals surface area contributed by atoms with E-state index in [1.165, 1.54) is 4.90 Å². The van der Waals surface area contributed by atoms with E-state index in [1.54, 1.807) is 21.9 Å². The maximum atomic E-state index is 13.7. The van der Waals surface area contributed by atoms with Crippen LogP contribution in [0.1, 0.15) is 42.7 Å². The van der Waals surface area contributed by atoms with E-state index in [2.05, 4.69) is 10.6 Å². The van der Waals surface area contributed by atoms with Crippen LogP contribution in [0.4, 0.5) is 21.0 Å². The highest BCUT2D eigenvalue weighted by Gasteiger charge is 2.39. The Morgan fingerprint density at radius 3 is 2.41 bits per heavy atom. The Hall–Kier alpha value is -4.70. The molecule has 0 aromatic heterocycles. The Kier molecular flexibility index (Phi) is 7.15. The molecule has 10 heteroatoms. The highest BCUT2D eigenvalue weighted by molar-refractivity contribution is 6.20. The molecule has 41 heavy (non-hydrogen) atoms. The molecule has 5 amide bonds. The summed E-state index contributed by atoms with van der Waals surface area (Å²) in [7, 11) is 0. The number of urea groups is 2. The molecule has 1 fully saturated rings. The Balaban J connectivity index is 1.19. The molecule has 3 aliphatic rings. The second-order valence-electron chi connectivity index (χ2n) is 10.3. The number of nitrogens with zero attached hydrogens (tertiary/aromatic N) is 4. The second kappa shape index (κ2) is 11.1. The van der Waals surface area contributed by atoms with Gasteiger partial charge in [0, 0.05) is 42.4 Å². The molecule has 0 saturated carbocycles. The van der Waals surface area contributed by atoms with Crippen molar-refractivity contribution in [1.29, 1.82) is 0 Å². The van der Waals surface area contributed by atoms with Gasteiger partial charge < -0.3 is 25.5 Å². The van der Waals surface area contributed by atoms with Crippen LogP contribution in [0.2, 0.25) is 0 Å². The maximum Gasteiger partial charge on any atom is 0.324 e. The predicted octanol–water partition coefficient (Wildman–Crippen LogP) is 3.93. The zero-order valence-electron chi connectivity index (χ0n) is 22.7. The molecule has 0 spiro atoms. The number of anilines is 2. The lowest BCUT2D eigenvalue weighted by molar-refractivity contribution is -0.120. The van der Waals surface area contributed by atoms with E-state index in [9.17, 15) is 19.5 Å². The lowest BCUT2D eigenvalue weighted by atomic mass is 10.00. The number of benzodiazepines with no additional fused rings is 1. The number of benzene rings is 3. The van der Waals surface area contributed by atoms with Gasteiger partial charge in [-0.1, -0.05) is 66.7 Å². The van der Waals surface area contributed by atoms with E-state index in [-0.39, 0.29) is 18.0 Å². The summed E-state index contributed by atoms with van der Waals surface area (Å²) in [6.07, 6.45) is -1.18. The first kappa shape index (κ1) is 26.5. The monoisotopic (exact) mass is 552 g/mol. The highest BCUT2D eigenvalue weighted by Crippen LogP contribution is 2.35. The van der Waals surface area contributed by atoms with Crippen molar-refractivity contribution in [1.82, 2.24) is 15.1 Å². The van der Waals surface area contributed by atoms with E-state index in [0.29, 0.717) is 49.4 Å². The van der Waals surface area contributed by atoms with E-state index in [4.69, 9.17) is 4.99 Å². The van der Waals surface area contributed by atoms with Gasteiger partial charge in [0.1, 0.15) is 0 Å². The van der Waals surface area contributed by atoms with Crippen molar-refractivity contribution in [3.05, 3.63) is 95.6 Å². The van der Waals surface area contributed by atoms with E-state index in [0.717, 1.165) is 16.8 Å². The van der Waals surface area contributed by atoms with Crippen molar-refractivity contribution in [2.24, 2.45) is 4.99 Å². The Morgan fingerprint density at radius 2 is 1.66 bits per heavy atom. The number of aliphatic imine (C=N–C) groups is 1. The van der Waals surface area contributed by atoms with E-state index < -0.39 is 18.4 Å². The molecule has 1 saturated heterocycles. The zero-order chi connectivity index (χ0) is 28.5. The lowest BCUT2D eigenvalue weighted by Crippen LogP contribution is -2.56. The Labute approximate surface area is 238 Å². The summed E-state index contributed by atoms with van der Waals surface area (Å²) < 4.78 is 0. The summed E-state index contributed by atoms with van der Waals surface area (Å²) in [4.78, 5) is 49.5. The van der Waals surface area contributed by atoms with Crippen LogP contribution in [-0.4, -0.2) is 70.4 Å². The van der Waals surface area contributed by atoms with Gasteiger partial charge >= 0.3 is 12.1 Å². The number of aliphatic hydroxyl groups is 1. The van der Waals surface area contributed by atoms with Crippen LogP contribution in [0, 0.1) is 0 Å². The fraction of sp³-hybridized carbons (Fsp3) is 0.290. The number of aliphatic hydroxyl groups excluding tert-OH is 1. The summed E-state index contributed by atoms with van der Waals surface area (Å²) >= 11 is 0. The number of carbonyl (C=O) groups is 3. The minimum atomic E-state index is -1.10. The lowest BCUT2D eigenvalue weighted by Gasteiger charge is -2.43. The molecule has 3 aromatic rings. The molecule has 210 valence electrons. The minimum Gasteiger partial charge on any atom is -0.369 e. The van der Waals surface area contributed by atoms with Crippen LogP contribution in [0.25, 0.3) is 0 Å². The van der Waals surface area contributed by atoms with Crippen LogP contribution in [0.3, 0.4) is 0 Å². The number of rotatable bonds is 4. The van der Waals surface area contributed by atoms with Crippen molar-refractivity contribution < 1.29 is 19.5 Å². The molecular formula is C31H32N6O4. The molecule has 1 unspecified atom stereocenters. The zero-order valence-corrected chi connectivity index (χ0v) is 22.7. The molecule has 0 radical (unpaired) electrons. The first-order chi connectivity index (χ1) is 20.0. The van der Waals surface area contributed by atoms with Crippen LogP contribution in [-0.2, 0) is 4.79 Å². The van der Waals surface area contributed by atoms with Gasteiger partial charge in [-0.05, 0) is 31.9 Å². The summed E-state index contributed by atoms with van der Waals surface area (Å²) in [6.45, 7) is 3.05. The second-order valence-corrected chi connectivity index (χ2v) is 10.3. The van der Waals surface area contributed by atoms with Gasteiger partial charge in [-0.3, -0.25) is 9.69 Å². The molecule has 6 rings (SSSR count). The molecule has 2 atom stereocenters. The van der Waals surface area contributed by atoms with Crippen molar-refractivity contribution in [3.8, 4) is 0 Å². The topological polar surface area (TPSA) is 118 Å². The standard InChI is InChI=1S/C31H32N6O4/c1-2-36-25-15-9-7-13-23(25)26(20-10-4-3-5-11-20)33-27(29(36)39)34-30(40)35-18-16-21(17-19-35)37-28(38)22-12-6-8-14-24(22)32-31(37)41/h3-15,21,27-28,38H,2,16-19H2,1H3,(H,32,41)(H,34,40)/t27-,28?/m0/s1. The molecule has 3 N–H and O–H groups in total. The molecule has 0 aliphatic carbocycles. The fourth-order valence-electron chi connectivity index (χ4n) is 5.87. The van der Waals surface area contributed by atoms with Gasteiger partial charge in [0.25, 0.3) is 5.91 Å². The number of para-hydroxylation sites is 2. The Morgan fingerprint density at radius 1 is 0.976 bits per heavy atom. The van der Waals surface area contributed by atoms with Crippen LogP contribution in [0.5, 0.6) is 0 Å². The third-order valence-corrected chi connectivity index (χ3v) is 7.96. The van der Waals surface area contributed by atoms with Gasteiger partial charge in [0.15, 0.2) is 6.23 Å². The smallest absolute Gasteiger partial charge is 0.324 e. The van der Waals surface area contributed by atoms with Gasteiger partial charge in [0.2, 0.25) is 6.17 Å². The summed E-state index contributed by atoms with van der Waals surface area (Å²) in [5.41, 5.74) is 4.31. The van der Waals surface area contributed by atoms with Crippen molar-refractivity contribution in [3.63, 3.8) is 0 Å². The van der Waals surface area contributed by atoms with Gasteiger partial charge in [-0.25, -0.2) is 14.6 Å². The summed E-state index contributed by atoms with van der Waals surface area (Å²) in [6, 6.07) is 23.5. The van der Waals surface area contributed by atoms with Gasteiger partial charge in [-0.15, -0.1) is 0 Å². The number of piperidine rings is 1. The van der Waals surface area contributed by atoms with Gasteiger partial charge in [-0.2, -0.15) is 0 Å². The number of likely N-dealkylation sites (tertiary alicyclic amines) is 1. The maximum absolute atomic E-state index is 13.7. The van der Waals surface area contributed by atoms with Crippen LogP contribution in [0.15, 0.2) is 83.9 Å². The van der Waals surface area contributed by atoms with Crippen molar-refractivity contribution >= 4 is 35.1 Å². The van der Waals surface area contributed by atoms with E-state index in [1.807, 2.05) is 73.7 Å². The molecule has 3 aliphatic heterocycles. The predicted molar refractivity (Wildman–Crippen MR) is 156 cm³/mol. The van der Waals surface area contributed by atoms with Crippen molar-refractivity contribution in [2.75, 3.05) is 29.9 Å². The average Bonchev–Trinajstić information content (AvgIpc) is 3.11. The number of hydrogen-bond donors (Lipinski definition) is 3. The molecule has 3 heterocycles. The fourth-order valence-corrected chi connectivity index (χ4v) is 5.87. The van der Waals surface area contributed by atoms with Crippen LogP contribution >= 0.6 is 0 Å². The first-order valence-corrected chi connectivity index (χ1v) is 13.9. The number of carbonyl (C=O) groups excluding carboxylic acids is 3. The SMILES string of the molecule is CCN1C(=O)[C@H](NC(=O)N2CCC(N3C(=O)Nc4ccccc4C3O)CC2)N=C(c2ccccc2)c2ccccc21. The third kappa shape index (κ3) is 4.91. The quantitative estimate of drug-likeness (QED) is 0.455. The summed E-state index contributed by atoms with van der Waals surface area (Å²) in [5, 5.41) is 16.7. The van der Waals surface area contributed by atoms with Gasteiger partial charge in [0.05, 0.1) is 17.1 Å². The minimum absolute atomic E-state index is 0.241. The third-order valence-electron chi connectivity index (χ3n) is 7.96. The first-order valence-electron chi connectivity index (χ1n) is 13.9. The molecule has 0 bridgehead atoms. The number of likely N-dealkylation sites (N-methyl/N-ethyl adjacent to an activating group) is 1. The largest absolute Gasteiger partial charge is 0.369 e. The molecule has 10 nitrogen and oxygen atoms in total. The Bertz CT molecular complexity index is 1500.